The maximum Gasteiger partial charge on any atom is 0.269 e. The third kappa shape index (κ3) is 5.28. The number of aryl methyl sites for hydroxylation is 1. The molecule has 0 bridgehead atoms. The Bertz CT molecular complexity index is 700. The van der Waals surface area contributed by atoms with Crippen LogP contribution in [0.15, 0.2) is 48.5 Å². The van der Waals surface area contributed by atoms with Gasteiger partial charge in [-0.25, -0.2) is 0 Å². The van der Waals surface area contributed by atoms with Crippen LogP contribution in [0.5, 0.6) is 11.5 Å². The van der Waals surface area contributed by atoms with Crippen LogP contribution in [0.1, 0.15) is 5.56 Å². The van der Waals surface area contributed by atoms with E-state index in [1.54, 1.807) is 0 Å². The molecule has 0 atom stereocenters. The Morgan fingerprint density at radius 2 is 1.83 bits per heavy atom. The number of nitro groups is 1. The normalized spacial score (nSPS) is 10.0. The zero-order chi connectivity index (χ0) is 17.4. The van der Waals surface area contributed by atoms with Gasteiger partial charge in [0.2, 0.25) is 0 Å². The summed E-state index contributed by atoms with van der Waals surface area (Å²) in [5, 5.41) is 13.2. The Kier molecular flexibility index (Phi) is 6.13. The fraction of sp³-hybridized carbons (Fsp3) is 0.235. The minimum Gasteiger partial charge on any atom is -0.491 e. The molecule has 0 aliphatic rings. The summed E-state index contributed by atoms with van der Waals surface area (Å²) in [6.45, 7) is 2.50. The molecule has 24 heavy (non-hydrogen) atoms. The predicted octanol–water partition coefficient (Wildman–Crippen LogP) is 2.48. The van der Waals surface area contributed by atoms with Crippen molar-refractivity contribution in [3.05, 3.63) is 64.2 Å². The molecule has 0 spiro atoms. The van der Waals surface area contributed by atoms with Crippen LogP contribution in [-0.4, -0.2) is 30.6 Å². The van der Waals surface area contributed by atoms with Crippen molar-refractivity contribution in [2.24, 2.45) is 0 Å². The van der Waals surface area contributed by atoms with E-state index in [1.807, 2.05) is 31.2 Å². The van der Waals surface area contributed by atoms with Gasteiger partial charge in [-0.3, -0.25) is 14.9 Å². The highest BCUT2D eigenvalue weighted by Crippen LogP contribution is 2.17. The zero-order valence-electron chi connectivity index (χ0n) is 13.2. The number of non-ortho nitro benzene ring substituents is 1. The monoisotopic (exact) mass is 330 g/mol. The summed E-state index contributed by atoms with van der Waals surface area (Å²) in [6.07, 6.45) is 0. The molecule has 126 valence electrons. The second-order valence-electron chi connectivity index (χ2n) is 5.00. The van der Waals surface area contributed by atoms with Crippen LogP contribution in [0.3, 0.4) is 0 Å². The van der Waals surface area contributed by atoms with Crippen LogP contribution in [0, 0.1) is 17.0 Å². The summed E-state index contributed by atoms with van der Waals surface area (Å²) in [4.78, 5) is 21.7. The molecule has 0 radical (unpaired) electrons. The van der Waals surface area contributed by atoms with Gasteiger partial charge in [-0.1, -0.05) is 18.2 Å². The number of nitrogens with zero attached hydrogens (tertiary/aromatic N) is 1. The van der Waals surface area contributed by atoms with E-state index in [9.17, 15) is 14.9 Å². The summed E-state index contributed by atoms with van der Waals surface area (Å²) in [5.41, 5.74) is 1.01. The summed E-state index contributed by atoms with van der Waals surface area (Å²) in [6, 6.07) is 13.2. The number of benzene rings is 2. The van der Waals surface area contributed by atoms with Crippen LogP contribution in [0.25, 0.3) is 0 Å². The average Bonchev–Trinajstić information content (AvgIpc) is 2.58. The van der Waals surface area contributed by atoms with E-state index >= 15 is 0 Å². The molecule has 1 amide bonds. The van der Waals surface area contributed by atoms with Gasteiger partial charge in [-0.05, 0) is 30.7 Å². The van der Waals surface area contributed by atoms with Gasteiger partial charge in [0, 0.05) is 12.1 Å². The van der Waals surface area contributed by atoms with E-state index in [0.717, 1.165) is 11.3 Å². The summed E-state index contributed by atoms with van der Waals surface area (Å²) >= 11 is 0. The SMILES string of the molecule is Cc1ccccc1OCCNC(=O)COc1ccc([N+](=O)[O-])cc1. The lowest BCUT2D eigenvalue weighted by molar-refractivity contribution is -0.384. The summed E-state index contributed by atoms with van der Waals surface area (Å²) in [5.74, 6) is 0.891. The van der Waals surface area contributed by atoms with E-state index in [0.29, 0.717) is 18.9 Å². The molecule has 0 fully saturated rings. The van der Waals surface area contributed by atoms with Gasteiger partial charge < -0.3 is 14.8 Å². The lowest BCUT2D eigenvalue weighted by Crippen LogP contribution is -2.32. The minimum atomic E-state index is -0.495. The van der Waals surface area contributed by atoms with E-state index < -0.39 is 4.92 Å². The van der Waals surface area contributed by atoms with Gasteiger partial charge >= 0.3 is 0 Å². The molecule has 1 N–H and O–H groups in total. The van der Waals surface area contributed by atoms with Crippen LogP contribution >= 0.6 is 0 Å². The third-order valence-electron chi connectivity index (χ3n) is 3.19. The van der Waals surface area contributed by atoms with Crippen LogP contribution in [-0.2, 0) is 4.79 Å². The van der Waals surface area contributed by atoms with Crippen LogP contribution in [0.4, 0.5) is 5.69 Å². The fourth-order valence-electron chi connectivity index (χ4n) is 1.93. The highest BCUT2D eigenvalue weighted by Gasteiger charge is 2.06. The average molecular weight is 330 g/mol. The van der Waals surface area contributed by atoms with Gasteiger partial charge in [0.05, 0.1) is 11.5 Å². The van der Waals surface area contributed by atoms with Crippen molar-refractivity contribution in [2.45, 2.75) is 6.92 Å². The maximum atomic E-state index is 11.7. The van der Waals surface area contributed by atoms with E-state index in [4.69, 9.17) is 9.47 Å². The molecule has 0 heterocycles. The van der Waals surface area contributed by atoms with Crippen molar-refractivity contribution >= 4 is 11.6 Å². The van der Waals surface area contributed by atoms with Crippen LogP contribution in [0.2, 0.25) is 0 Å². The van der Waals surface area contributed by atoms with Crippen molar-refractivity contribution in [2.75, 3.05) is 19.8 Å². The highest BCUT2D eigenvalue weighted by molar-refractivity contribution is 5.77. The first kappa shape index (κ1) is 17.3. The highest BCUT2D eigenvalue weighted by atomic mass is 16.6. The van der Waals surface area contributed by atoms with Crippen molar-refractivity contribution < 1.29 is 19.2 Å². The third-order valence-corrected chi connectivity index (χ3v) is 3.19. The number of amides is 1. The molecule has 0 saturated carbocycles. The number of nitrogens with one attached hydrogen (secondary N) is 1. The van der Waals surface area contributed by atoms with Gasteiger partial charge in [-0.2, -0.15) is 0 Å². The quantitative estimate of drug-likeness (QED) is 0.456. The first-order valence-corrected chi connectivity index (χ1v) is 7.38. The number of nitro benzene ring substituents is 1. The van der Waals surface area contributed by atoms with E-state index in [-0.39, 0.29) is 18.2 Å². The first-order chi connectivity index (χ1) is 11.6. The second kappa shape index (κ2) is 8.52. The number of hydrogen-bond acceptors (Lipinski definition) is 5. The Morgan fingerprint density at radius 1 is 1.12 bits per heavy atom. The number of carbonyl (C=O) groups is 1. The van der Waals surface area contributed by atoms with E-state index in [1.165, 1.54) is 24.3 Å². The molecule has 2 aromatic rings. The van der Waals surface area contributed by atoms with Gasteiger partial charge in [0.25, 0.3) is 11.6 Å². The molecule has 7 heteroatoms. The lowest BCUT2D eigenvalue weighted by Gasteiger charge is -2.10. The molecule has 0 unspecified atom stereocenters. The Morgan fingerprint density at radius 3 is 2.50 bits per heavy atom. The topological polar surface area (TPSA) is 90.7 Å². The van der Waals surface area contributed by atoms with Crippen LogP contribution < -0.4 is 14.8 Å². The Labute approximate surface area is 139 Å². The van der Waals surface area contributed by atoms with Gasteiger partial charge in [0.15, 0.2) is 6.61 Å². The molecule has 0 aromatic heterocycles. The van der Waals surface area contributed by atoms with Gasteiger partial charge in [-0.15, -0.1) is 0 Å². The predicted molar refractivity (Wildman–Crippen MR) is 88.3 cm³/mol. The molecule has 2 aromatic carbocycles. The fourth-order valence-corrected chi connectivity index (χ4v) is 1.93. The zero-order valence-corrected chi connectivity index (χ0v) is 13.2. The molecule has 0 aliphatic carbocycles. The van der Waals surface area contributed by atoms with Crippen molar-refractivity contribution in [1.82, 2.24) is 5.32 Å². The largest absolute Gasteiger partial charge is 0.491 e. The summed E-state index contributed by atoms with van der Waals surface area (Å²) < 4.78 is 10.8. The Hall–Kier alpha value is -3.09. The summed E-state index contributed by atoms with van der Waals surface area (Å²) in [7, 11) is 0. The molecule has 0 aliphatic heterocycles. The first-order valence-electron chi connectivity index (χ1n) is 7.38. The van der Waals surface area contributed by atoms with E-state index in [2.05, 4.69) is 5.32 Å². The molecule has 0 saturated heterocycles. The number of hydrogen-bond donors (Lipinski definition) is 1. The second-order valence-corrected chi connectivity index (χ2v) is 5.00. The molecular formula is C17H18N2O5. The Balaban J connectivity index is 1.66. The van der Waals surface area contributed by atoms with Crippen molar-refractivity contribution in [1.29, 1.82) is 0 Å². The smallest absolute Gasteiger partial charge is 0.269 e. The molecule has 2 rings (SSSR count). The molecule has 7 nitrogen and oxygen atoms in total. The standard InChI is InChI=1S/C17H18N2O5/c1-13-4-2-3-5-16(13)23-11-10-18-17(20)12-24-15-8-6-14(7-9-15)19(21)22/h2-9H,10-12H2,1H3,(H,18,20). The maximum absolute atomic E-state index is 11.7. The van der Waals surface area contributed by atoms with Crippen molar-refractivity contribution in [3.63, 3.8) is 0 Å². The lowest BCUT2D eigenvalue weighted by atomic mass is 10.2. The number of rotatable bonds is 8. The number of carbonyl (C=O) groups excluding carboxylic acids is 1. The minimum absolute atomic E-state index is 0.0276. The number of ether oxygens (including phenoxy) is 2. The van der Waals surface area contributed by atoms with Crippen molar-refractivity contribution in [3.8, 4) is 11.5 Å². The molecular weight excluding hydrogens is 312 g/mol. The van der Waals surface area contributed by atoms with Gasteiger partial charge in [0.1, 0.15) is 18.1 Å². The number of para-hydroxylation sites is 1.